The molecule has 0 spiro atoms. The van der Waals surface area contributed by atoms with Crippen molar-refractivity contribution >= 4 is 0 Å². The highest BCUT2D eigenvalue weighted by Gasteiger charge is 2.17. The quantitative estimate of drug-likeness (QED) is 0.788. The number of rotatable bonds is 3. The van der Waals surface area contributed by atoms with Gasteiger partial charge in [-0.1, -0.05) is 19.9 Å². The van der Waals surface area contributed by atoms with Crippen LogP contribution in [0.3, 0.4) is 0 Å². The Morgan fingerprint density at radius 3 is 2.50 bits per heavy atom. The van der Waals surface area contributed by atoms with Gasteiger partial charge in [0.15, 0.2) is 0 Å². The first-order valence-corrected chi connectivity index (χ1v) is 4.90. The summed E-state index contributed by atoms with van der Waals surface area (Å²) in [6, 6.07) is 4.93. The average molecular weight is 195 g/mol. The van der Waals surface area contributed by atoms with Gasteiger partial charge in [-0.25, -0.2) is 4.39 Å². The van der Waals surface area contributed by atoms with Gasteiger partial charge in [0.25, 0.3) is 0 Å². The number of aryl methyl sites for hydroxylation is 1. The van der Waals surface area contributed by atoms with Gasteiger partial charge >= 0.3 is 0 Å². The highest BCUT2D eigenvalue weighted by molar-refractivity contribution is 5.27. The summed E-state index contributed by atoms with van der Waals surface area (Å²) in [5.74, 6) is -0.170. The molecule has 0 aromatic heterocycles. The van der Waals surface area contributed by atoms with Crippen LogP contribution in [0.25, 0.3) is 0 Å². The van der Waals surface area contributed by atoms with E-state index in [1.807, 2.05) is 13.0 Å². The third-order valence-corrected chi connectivity index (χ3v) is 2.53. The van der Waals surface area contributed by atoms with Gasteiger partial charge in [-0.15, -0.1) is 0 Å². The van der Waals surface area contributed by atoms with E-state index in [0.717, 1.165) is 12.0 Å². The smallest absolute Gasteiger partial charge is 0.123 e. The molecule has 1 rings (SSSR count). The molecule has 0 bridgehead atoms. The van der Waals surface area contributed by atoms with Crippen molar-refractivity contribution in [3.8, 4) is 0 Å². The van der Waals surface area contributed by atoms with Crippen molar-refractivity contribution in [3.05, 3.63) is 35.1 Å². The van der Waals surface area contributed by atoms with Crippen LogP contribution in [-0.4, -0.2) is 6.54 Å². The van der Waals surface area contributed by atoms with Gasteiger partial charge in [-0.2, -0.15) is 0 Å². The van der Waals surface area contributed by atoms with Crippen LogP contribution >= 0.6 is 0 Å². The zero-order chi connectivity index (χ0) is 10.8. The summed E-state index contributed by atoms with van der Waals surface area (Å²) >= 11 is 0. The highest BCUT2D eigenvalue weighted by atomic mass is 19.1. The molecule has 0 amide bonds. The van der Waals surface area contributed by atoms with Crippen molar-refractivity contribution in [2.75, 3.05) is 6.54 Å². The van der Waals surface area contributed by atoms with Gasteiger partial charge in [-0.05, 0) is 48.6 Å². The lowest BCUT2D eigenvalue weighted by atomic mass is 9.84. The Morgan fingerprint density at radius 2 is 2.00 bits per heavy atom. The Kier molecular flexibility index (Phi) is 3.27. The minimum Gasteiger partial charge on any atom is -0.330 e. The van der Waals surface area contributed by atoms with Crippen LogP contribution in [0.1, 0.15) is 25.0 Å². The molecule has 0 saturated heterocycles. The lowest BCUT2D eigenvalue weighted by molar-refractivity contribution is 0.376. The van der Waals surface area contributed by atoms with Crippen molar-refractivity contribution in [2.24, 2.45) is 11.1 Å². The topological polar surface area (TPSA) is 26.0 Å². The van der Waals surface area contributed by atoms with Gasteiger partial charge in [0, 0.05) is 0 Å². The Balaban J connectivity index is 2.87. The first-order chi connectivity index (χ1) is 6.44. The second kappa shape index (κ2) is 4.09. The summed E-state index contributed by atoms with van der Waals surface area (Å²) < 4.78 is 12.8. The fraction of sp³-hybridized carbons (Fsp3) is 0.500. The van der Waals surface area contributed by atoms with Gasteiger partial charge in [0.1, 0.15) is 5.82 Å². The second-order valence-electron chi connectivity index (χ2n) is 4.62. The van der Waals surface area contributed by atoms with E-state index < -0.39 is 0 Å². The van der Waals surface area contributed by atoms with Crippen LogP contribution in [0.5, 0.6) is 0 Å². The Hall–Kier alpha value is -0.890. The number of hydrogen-bond acceptors (Lipinski definition) is 1. The van der Waals surface area contributed by atoms with Crippen molar-refractivity contribution in [2.45, 2.75) is 27.2 Å². The Labute approximate surface area is 85.1 Å². The summed E-state index contributed by atoms with van der Waals surface area (Å²) in [5, 5.41) is 0. The second-order valence-corrected chi connectivity index (χ2v) is 4.62. The predicted molar refractivity (Wildman–Crippen MR) is 57.7 cm³/mol. The molecule has 0 unspecified atom stereocenters. The first kappa shape index (κ1) is 11.2. The van der Waals surface area contributed by atoms with E-state index in [4.69, 9.17) is 5.73 Å². The summed E-state index contributed by atoms with van der Waals surface area (Å²) in [6.07, 6.45) is 0.898. The number of hydrogen-bond donors (Lipinski definition) is 1. The minimum absolute atomic E-state index is 0.0859. The molecule has 0 aliphatic carbocycles. The Bertz CT molecular complexity index is 318. The zero-order valence-electron chi connectivity index (χ0n) is 9.10. The highest BCUT2D eigenvalue weighted by Crippen LogP contribution is 2.22. The average Bonchev–Trinajstić information content (AvgIpc) is 2.10. The summed E-state index contributed by atoms with van der Waals surface area (Å²) in [5.41, 5.74) is 7.93. The third-order valence-electron chi connectivity index (χ3n) is 2.53. The van der Waals surface area contributed by atoms with Gasteiger partial charge in [-0.3, -0.25) is 0 Å². The maximum Gasteiger partial charge on any atom is 0.123 e. The van der Waals surface area contributed by atoms with Crippen molar-refractivity contribution in [1.82, 2.24) is 0 Å². The predicted octanol–water partition coefficient (Wildman–Crippen LogP) is 2.66. The van der Waals surface area contributed by atoms with E-state index >= 15 is 0 Å². The van der Waals surface area contributed by atoms with Crippen molar-refractivity contribution in [1.29, 1.82) is 0 Å². The molecule has 78 valence electrons. The normalized spacial score (nSPS) is 11.8. The maximum absolute atomic E-state index is 12.8. The fourth-order valence-electron chi connectivity index (χ4n) is 1.45. The third kappa shape index (κ3) is 2.81. The molecule has 0 fully saturated rings. The summed E-state index contributed by atoms with van der Waals surface area (Å²) in [4.78, 5) is 0. The molecule has 2 heteroatoms. The molecule has 0 radical (unpaired) electrons. The maximum atomic E-state index is 12.8. The standard InChI is InChI=1S/C12H18FN/c1-9-6-11(13)5-4-10(9)7-12(2,3)8-14/h4-6H,7-8,14H2,1-3H3. The van der Waals surface area contributed by atoms with Crippen molar-refractivity contribution in [3.63, 3.8) is 0 Å². The summed E-state index contributed by atoms with van der Waals surface area (Å²) in [6.45, 7) is 6.82. The van der Waals surface area contributed by atoms with E-state index in [9.17, 15) is 4.39 Å². The number of nitrogens with two attached hydrogens (primary N) is 1. The molecule has 1 aromatic carbocycles. The molecule has 1 nitrogen and oxygen atoms in total. The lowest BCUT2D eigenvalue weighted by Crippen LogP contribution is -2.26. The fourth-order valence-corrected chi connectivity index (χ4v) is 1.45. The molecule has 0 aliphatic heterocycles. The summed E-state index contributed by atoms with van der Waals surface area (Å²) in [7, 11) is 0. The molecular formula is C12H18FN. The van der Waals surface area contributed by atoms with E-state index in [0.29, 0.717) is 6.54 Å². The van der Waals surface area contributed by atoms with Crippen LogP contribution < -0.4 is 5.73 Å². The number of halogens is 1. The minimum atomic E-state index is -0.170. The molecular weight excluding hydrogens is 177 g/mol. The molecule has 14 heavy (non-hydrogen) atoms. The lowest BCUT2D eigenvalue weighted by Gasteiger charge is -2.23. The molecule has 1 aromatic rings. The SMILES string of the molecule is Cc1cc(F)ccc1CC(C)(C)CN. The van der Waals surface area contributed by atoms with Crippen LogP contribution in [0.2, 0.25) is 0 Å². The van der Waals surface area contributed by atoms with Gasteiger partial charge < -0.3 is 5.73 Å². The van der Waals surface area contributed by atoms with E-state index in [1.54, 1.807) is 6.07 Å². The molecule has 0 saturated carbocycles. The van der Waals surface area contributed by atoms with Crippen LogP contribution in [0.15, 0.2) is 18.2 Å². The number of benzene rings is 1. The van der Waals surface area contributed by atoms with E-state index in [-0.39, 0.29) is 11.2 Å². The van der Waals surface area contributed by atoms with Crippen LogP contribution in [-0.2, 0) is 6.42 Å². The first-order valence-electron chi connectivity index (χ1n) is 4.90. The molecule has 0 atom stereocenters. The van der Waals surface area contributed by atoms with Gasteiger partial charge in [0.05, 0.1) is 0 Å². The molecule has 2 N–H and O–H groups in total. The van der Waals surface area contributed by atoms with Gasteiger partial charge in [0.2, 0.25) is 0 Å². The van der Waals surface area contributed by atoms with Crippen molar-refractivity contribution < 1.29 is 4.39 Å². The van der Waals surface area contributed by atoms with Crippen LogP contribution in [0.4, 0.5) is 4.39 Å². The largest absolute Gasteiger partial charge is 0.330 e. The monoisotopic (exact) mass is 195 g/mol. The molecule has 0 aliphatic rings. The van der Waals surface area contributed by atoms with Crippen LogP contribution in [0, 0.1) is 18.2 Å². The zero-order valence-corrected chi connectivity index (χ0v) is 9.10. The van der Waals surface area contributed by atoms with E-state index in [2.05, 4.69) is 13.8 Å². The Morgan fingerprint density at radius 1 is 1.36 bits per heavy atom. The molecule has 0 heterocycles. The van der Waals surface area contributed by atoms with E-state index in [1.165, 1.54) is 11.6 Å².